The van der Waals surface area contributed by atoms with Gasteiger partial charge < -0.3 is 10.6 Å². The highest BCUT2D eigenvalue weighted by Gasteiger charge is 2.35. The minimum absolute atomic E-state index is 0.271. The maximum atomic E-state index is 11.8. The number of hydrogen-bond acceptors (Lipinski definition) is 4. The van der Waals surface area contributed by atoms with Gasteiger partial charge in [0.15, 0.2) is 0 Å². The second kappa shape index (κ2) is 3.98. The Morgan fingerprint density at radius 2 is 2.13 bits per heavy atom. The molecule has 0 aliphatic carbocycles. The van der Waals surface area contributed by atoms with Crippen LogP contribution in [0.1, 0.15) is 12.8 Å². The second-order valence-corrected chi connectivity index (χ2v) is 3.70. The molecule has 1 atom stereocenters. The number of piperazine rings is 1. The van der Waals surface area contributed by atoms with E-state index in [1.165, 1.54) is 0 Å². The molecule has 3 amide bonds. The van der Waals surface area contributed by atoms with Gasteiger partial charge in [0.1, 0.15) is 0 Å². The Morgan fingerprint density at radius 1 is 1.33 bits per heavy atom. The first kappa shape index (κ1) is 10.1. The Kier molecular flexibility index (Phi) is 2.68. The Balaban J connectivity index is 2.05. The zero-order valence-corrected chi connectivity index (χ0v) is 8.28. The Morgan fingerprint density at radius 3 is 2.80 bits per heavy atom. The van der Waals surface area contributed by atoms with E-state index >= 15 is 0 Å². The Hall–Kier alpha value is -1.43. The number of nitrogens with one attached hydrogen (secondary N) is 2. The summed E-state index contributed by atoms with van der Waals surface area (Å²) in [4.78, 5) is 35.3. The van der Waals surface area contributed by atoms with E-state index in [9.17, 15) is 14.4 Å². The lowest BCUT2D eigenvalue weighted by Crippen LogP contribution is -2.57. The van der Waals surface area contributed by atoms with Crippen molar-refractivity contribution in [3.63, 3.8) is 0 Å². The zero-order valence-electron chi connectivity index (χ0n) is 8.28. The van der Waals surface area contributed by atoms with E-state index < -0.39 is 11.8 Å². The largest absolute Gasteiger partial charge is 0.346 e. The molecule has 2 heterocycles. The Labute approximate surface area is 87.0 Å². The van der Waals surface area contributed by atoms with Crippen LogP contribution in [0.25, 0.3) is 0 Å². The lowest BCUT2D eigenvalue weighted by molar-refractivity contribution is -0.155. The van der Waals surface area contributed by atoms with E-state index in [0.717, 1.165) is 24.3 Å². The summed E-state index contributed by atoms with van der Waals surface area (Å²) >= 11 is 0. The summed E-state index contributed by atoms with van der Waals surface area (Å²) in [6.07, 6.45) is 1.68. The molecule has 15 heavy (non-hydrogen) atoms. The molecule has 82 valence electrons. The molecule has 0 unspecified atom stereocenters. The maximum Gasteiger partial charge on any atom is 0.318 e. The number of hydrogen-bond donors (Lipinski definition) is 2. The number of carbonyl (C=O) groups is 3. The average Bonchev–Trinajstić information content (AvgIpc) is 2.74. The lowest BCUT2D eigenvalue weighted by Gasteiger charge is -2.26. The molecule has 0 aromatic heterocycles. The molecule has 0 radical (unpaired) electrons. The van der Waals surface area contributed by atoms with Crippen molar-refractivity contribution in [1.82, 2.24) is 15.5 Å². The van der Waals surface area contributed by atoms with E-state index in [-0.39, 0.29) is 18.5 Å². The van der Waals surface area contributed by atoms with Gasteiger partial charge in [0, 0.05) is 13.1 Å². The summed E-state index contributed by atoms with van der Waals surface area (Å²) in [5, 5.41) is 5.42. The van der Waals surface area contributed by atoms with Crippen molar-refractivity contribution in [1.29, 1.82) is 0 Å². The van der Waals surface area contributed by atoms with Crippen molar-refractivity contribution < 1.29 is 14.4 Å². The fourth-order valence-electron chi connectivity index (χ4n) is 1.87. The van der Waals surface area contributed by atoms with Gasteiger partial charge in [-0.2, -0.15) is 0 Å². The number of rotatable bonds is 1. The van der Waals surface area contributed by atoms with Gasteiger partial charge in [-0.25, -0.2) is 0 Å². The topological polar surface area (TPSA) is 78.5 Å². The zero-order chi connectivity index (χ0) is 10.8. The van der Waals surface area contributed by atoms with Gasteiger partial charge in [0.25, 0.3) is 0 Å². The molecule has 0 saturated carbocycles. The highest BCUT2D eigenvalue weighted by molar-refractivity contribution is 6.38. The summed E-state index contributed by atoms with van der Waals surface area (Å²) in [6.45, 7) is 1.43. The van der Waals surface area contributed by atoms with Crippen molar-refractivity contribution >= 4 is 17.7 Å². The highest BCUT2D eigenvalue weighted by atomic mass is 16.2. The standard InChI is InChI=1S/C9H13N3O3/c13-7-9(15)12(5-4-11-7)8(14)6-2-1-3-10-6/h6,10H,1-5H2,(H,11,13)/t6-/m0/s1. The van der Waals surface area contributed by atoms with Gasteiger partial charge >= 0.3 is 11.8 Å². The molecule has 2 fully saturated rings. The highest BCUT2D eigenvalue weighted by Crippen LogP contribution is 2.09. The van der Waals surface area contributed by atoms with E-state index in [4.69, 9.17) is 0 Å². The van der Waals surface area contributed by atoms with Crippen LogP contribution in [0.5, 0.6) is 0 Å². The minimum Gasteiger partial charge on any atom is -0.346 e. The number of carbonyl (C=O) groups excluding carboxylic acids is 3. The third-order valence-corrected chi connectivity index (χ3v) is 2.68. The van der Waals surface area contributed by atoms with Crippen molar-refractivity contribution in [2.75, 3.05) is 19.6 Å². The first-order valence-corrected chi connectivity index (χ1v) is 5.07. The summed E-state index contributed by atoms with van der Waals surface area (Å²) in [7, 11) is 0. The first-order valence-electron chi connectivity index (χ1n) is 5.07. The first-order chi connectivity index (χ1) is 7.20. The van der Waals surface area contributed by atoms with Crippen LogP contribution in [-0.4, -0.2) is 48.3 Å². The minimum atomic E-state index is -0.736. The van der Waals surface area contributed by atoms with Gasteiger partial charge in [0.05, 0.1) is 6.04 Å². The van der Waals surface area contributed by atoms with Crippen molar-refractivity contribution in [2.45, 2.75) is 18.9 Å². The van der Waals surface area contributed by atoms with E-state index in [1.54, 1.807) is 0 Å². The van der Waals surface area contributed by atoms with Crippen LogP contribution >= 0.6 is 0 Å². The third kappa shape index (κ3) is 1.85. The molecule has 0 spiro atoms. The average molecular weight is 211 g/mol. The smallest absolute Gasteiger partial charge is 0.318 e. The third-order valence-electron chi connectivity index (χ3n) is 2.68. The monoisotopic (exact) mass is 211 g/mol. The Bertz CT molecular complexity index is 310. The molecule has 2 aliphatic rings. The molecule has 0 bridgehead atoms. The molecule has 0 aromatic carbocycles. The van der Waals surface area contributed by atoms with Crippen LogP contribution in [0.4, 0.5) is 0 Å². The van der Waals surface area contributed by atoms with Gasteiger partial charge in [-0.05, 0) is 19.4 Å². The SMILES string of the molecule is O=C1NCCN(C(=O)[C@@H]2CCCN2)C1=O. The van der Waals surface area contributed by atoms with Crippen LogP contribution < -0.4 is 10.6 Å². The summed E-state index contributed by atoms with van der Waals surface area (Å²) < 4.78 is 0. The molecule has 0 aromatic rings. The van der Waals surface area contributed by atoms with Gasteiger partial charge in [-0.15, -0.1) is 0 Å². The molecule has 2 saturated heterocycles. The van der Waals surface area contributed by atoms with Crippen molar-refractivity contribution in [3.05, 3.63) is 0 Å². The maximum absolute atomic E-state index is 11.8. The van der Waals surface area contributed by atoms with E-state index in [0.29, 0.717) is 6.54 Å². The number of nitrogens with zero attached hydrogens (tertiary/aromatic N) is 1. The molecular formula is C9H13N3O3. The predicted octanol–water partition coefficient (Wildman–Crippen LogP) is -1.78. The summed E-state index contributed by atoms with van der Waals surface area (Å²) in [5.41, 5.74) is 0. The van der Waals surface area contributed by atoms with Crippen molar-refractivity contribution in [3.8, 4) is 0 Å². The summed E-state index contributed by atoms with van der Waals surface area (Å²) in [6, 6.07) is -0.292. The number of amides is 3. The lowest BCUT2D eigenvalue weighted by atomic mass is 10.2. The van der Waals surface area contributed by atoms with Crippen LogP contribution in [0, 0.1) is 0 Å². The van der Waals surface area contributed by atoms with E-state index in [2.05, 4.69) is 10.6 Å². The molecule has 2 rings (SSSR count). The van der Waals surface area contributed by atoms with Crippen LogP contribution in [0.15, 0.2) is 0 Å². The summed E-state index contributed by atoms with van der Waals surface area (Å²) in [5.74, 6) is -1.69. The predicted molar refractivity (Wildman–Crippen MR) is 50.8 cm³/mol. The molecule has 6 heteroatoms. The van der Waals surface area contributed by atoms with Crippen LogP contribution in [0.3, 0.4) is 0 Å². The van der Waals surface area contributed by atoms with Gasteiger partial charge in [-0.3, -0.25) is 19.3 Å². The molecular weight excluding hydrogens is 198 g/mol. The molecule has 2 N–H and O–H groups in total. The number of imide groups is 1. The second-order valence-electron chi connectivity index (χ2n) is 3.70. The van der Waals surface area contributed by atoms with Gasteiger partial charge in [-0.1, -0.05) is 0 Å². The molecule has 2 aliphatic heterocycles. The quantitative estimate of drug-likeness (QED) is 0.397. The van der Waals surface area contributed by atoms with Crippen LogP contribution in [-0.2, 0) is 14.4 Å². The van der Waals surface area contributed by atoms with Gasteiger partial charge in [0.2, 0.25) is 5.91 Å². The van der Waals surface area contributed by atoms with Crippen molar-refractivity contribution in [2.24, 2.45) is 0 Å². The van der Waals surface area contributed by atoms with Crippen LogP contribution in [0.2, 0.25) is 0 Å². The van der Waals surface area contributed by atoms with E-state index in [1.807, 2.05) is 0 Å². The normalized spacial score (nSPS) is 26.7. The fraction of sp³-hybridized carbons (Fsp3) is 0.667. The fourth-order valence-corrected chi connectivity index (χ4v) is 1.87. The molecule has 6 nitrogen and oxygen atoms in total.